The Kier molecular flexibility index (Phi) is 6.97. The number of benzene rings is 2. The number of hydrogen-bond acceptors (Lipinski definition) is 4. The third-order valence-electron chi connectivity index (χ3n) is 5.59. The van der Waals surface area contributed by atoms with Crippen molar-refractivity contribution in [2.75, 3.05) is 25.4 Å². The van der Waals surface area contributed by atoms with Crippen LogP contribution in [0.25, 0.3) is 11.0 Å². The molecule has 0 radical (unpaired) electrons. The molecule has 0 saturated carbocycles. The molecule has 4 rings (SSSR count). The van der Waals surface area contributed by atoms with E-state index in [1.54, 1.807) is 0 Å². The number of likely N-dealkylation sites (tertiary alicyclic amines) is 1. The van der Waals surface area contributed by atoms with Gasteiger partial charge in [0, 0.05) is 24.2 Å². The molecule has 7 heteroatoms. The zero-order chi connectivity index (χ0) is 20.9. The lowest BCUT2D eigenvalue weighted by Crippen LogP contribution is -2.45. The highest BCUT2D eigenvalue weighted by molar-refractivity contribution is 7.99. The Balaban J connectivity index is 1.45. The highest BCUT2D eigenvalue weighted by Crippen LogP contribution is 2.27. The van der Waals surface area contributed by atoms with Gasteiger partial charge in [-0.1, -0.05) is 60.6 Å². The SMILES string of the molecule is CCN1CCC(NC(=O)CSc2nc3cc(Cl)ccc3n2Cc2ccccc2)CC1. The second kappa shape index (κ2) is 9.86. The van der Waals surface area contributed by atoms with Gasteiger partial charge < -0.3 is 14.8 Å². The van der Waals surface area contributed by atoms with Crippen molar-refractivity contribution < 1.29 is 4.79 Å². The topological polar surface area (TPSA) is 50.2 Å². The third-order valence-corrected chi connectivity index (χ3v) is 6.80. The number of piperidine rings is 1. The molecule has 1 aliphatic heterocycles. The number of amides is 1. The van der Waals surface area contributed by atoms with E-state index in [9.17, 15) is 4.79 Å². The van der Waals surface area contributed by atoms with Crippen molar-refractivity contribution in [1.82, 2.24) is 19.8 Å². The molecule has 0 unspecified atom stereocenters. The molecule has 0 bridgehead atoms. The predicted molar refractivity (Wildman–Crippen MR) is 124 cm³/mol. The van der Waals surface area contributed by atoms with Crippen LogP contribution < -0.4 is 5.32 Å². The Bertz CT molecular complexity index is 999. The van der Waals surface area contributed by atoms with E-state index in [4.69, 9.17) is 16.6 Å². The first-order valence-electron chi connectivity index (χ1n) is 10.5. The Labute approximate surface area is 186 Å². The maximum Gasteiger partial charge on any atom is 0.230 e. The predicted octanol–water partition coefficient (Wildman–Crippen LogP) is 4.43. The molecular weight excluding hydrogens is 416 g/mol. The zero-order valence-electron chi connectivity index (χ0n) is 17.2. The summed E-state index contributed by atoms with van der Waals surface area (Å²) in [5.74, 6) is 0.436. The summed E-state index contributed by atoms with van der Waals surface area (Å²) in [6.07, 6.45) is 2.05. The lowest BCUT2D eigenvalue weighted by molar-refractivity contribution is -0.119. The molecule has 1 saturated heterocycles. The van der Waals surface area contributed by atoms with Crippen LogP contribution in [0.5, 0.6) is 0 Å². The molecule has 3 aromatic rings. The fourth-order valence-electron chi connectivity index (χ4n) is 3.90. The first kappa shape index (κ1) is 21.2. The Morgan fingerprint density at radius 2 is 1.97 bits per heavy atom. The van der Waals surface area contributed by atoms with Gasteiger partial charge in [-0.25, -0.2) is 4.98 Å². The average Bonchev–Trinajstić information content (AvgIpc) is 3.10. The Morgan fingerprint density at radius 3 is 2.70 bits per heavy atom. The molecule has 1 fully saturated rings. The molecule has 2 aromatic carbocycles. The van der Waals surface area contributed by atoms with Crippen LogP contribution in [0.1, 0.15) is 25.3 Å². The first-order valence-corrected chi connectivity index (χ1v) is 11.8. The summed E-state index contributed by atoms with van der Waals surface area (Å²) in [5, 5.41) is 4.71. The van der Waals surface area contributed by atoms with Gasteiger partial charge in [0.25, 0.3) is 0 Å². The quantitative estimate of drug-likeness (QED) is 0.550. The molecular formula is C23H27ClN4OS. The zero-order valence-corrected chi connectivity index (χ0v) is 18.8. The van der Waals surface area contributed by atoms with Crippen molar-refractivity contribution in [3.8, 4) is 0 Å². The number of carbonyl (C=O) groups is 1. The van der Waals surface area contributed by atoms with Crippen LogP contribution in [-0.4, -0.2) is 51.8 Å². The van der Waals surface area contributed by atoms with Crippen LogP contribution in [0.4, 0.5) is 0 Å². The van der Waals surface area contributed by atoms with Gasteiger partial charge in [0.1, 0.15) is 0 Å². The molecule has 0 spiro atoms. The number of hydrogen-bond donors (Lipinski definition) is 1. The van der Waals surface area contributed by atoms with Crippen molar-refractivity contribution in [3.05, 3.63) is 59.1 Å². The normalized spacial score (nSPS) is 15.5. The lowest BCUT2D eigenvalue weighted by Gasteiger charge is -2.31. The third kappa shape index (κ3) is 5.17. The fraction of sp³-hybridized carbons (Fsp3) is 0.391. The van der Waals surface area contributed by atoms with Crippen LogP contribution in [0, 0.1) is 0 Å². The van der Waals surface area contributed by atoms with Gasteiger partial charge in [-0.3, -0.25) is 4.79 Å². The second-order valence-electron chi connectivity index (χ2n) is 7.66. The molecule has 30 heavy (non-hydrogen) atoms. The second-order valence-corrected chi connectivity index (χ2v) is 9.04. The number of halogens is 1. The fourth-order valence-corrected chi connectivity index (χ4v) is 4.89. The molecule has 5 nitrogen and oxygen atoms in total. The summed E-state index contributed by atoms with van der Waals surface area (Å²) >= 11 is 7.66. The van der Waals surface area contributed by atoms with Crippen molar-refractivity contribution in [2.24, 2.45) is 0 Å². The van der Waals surface area contributed by atoms with Gasteiger partial charge in [0.05, 0.1) is 23.3 Å². The van der Waals surface area contributed by atoms with Gasteiger partial charge in [0.2, 0.25) is 5.91 Å². The number of imidazole rings is 1. The number of rotatable bonds is 7. The molecule has 0 aliphatic carbocycles. The van der Waals surface area contributed by atoms with E-state index in [0.717, 1.165) is 48.7 Å². The van der Waals surface area contributed by atoms with E-state index >= 15 is 0 Å². The largest absolute Gasteiger partial charge is 0.353 e. The van der Waals surface area contributed by atoms with Crippen molar-refractivity contribution >= 4 is 40.3 Å². The molecule has 1 N–H and O–H groups in total. The van der Waals surface area contributed by atoms with Crippen molar-refractivity contribution in [2.45, 2.75) is 37.5 Å². The lowest BCUT2D eigenvalue weighted by atomic mass is 10.1. The summed E-state index contributed by atoms with van der Waals surface area (Å²) in [6, 6.07) is 16.3. The Morgan fingerprint density at radius 1 is 1.20 bits per heavy atom. The van der Waals surface area contributed by atoms with Crippen LogP contribution in [0.2, 0.25) is 5.02 Å². The van der Waals surface area contributed by atoms with E-state index in [2.05, 4.69) is 33.8 Å². The molecule has 0 atom stereocenters. The van der Waals surface area contributed by atoms with Gasteiger partial charge in [-0.05, 0) is 43.1 Å². The molecule has 158 valence electrons. The van der Waals surface area contributed by atoms with Crippen molar-refractivity contribution in [1.29, 1.82) is 0 Å². The molecule has 1 amide bonds. The number of aromatic nitrogens is 2. The maximum atomic E-state index is 12.6. The van der Waals surface area contributed by atoms with Gasteiger partial charge in [-0.2, -0.15) is 0 Å². The summed E-state index contributed by atoms with van der Waals surface area (Å²) in [5.41, 5.74) is 3.08. The number of thioether (sulfide) groups is 1. The minimum absolute atomic E-state index is 0.0753. The minimum Gasteiger partial charge on any atom is -0.353 e. The van der Waals surface area contributed by atoms with E-state index in [1.807, 2.05) is 36.4 Å². The Hall–Kier alpha value is -2.02. The summed E-state index contributed by atoms with van der Waals surface area (Å²) in [7, 11) is 0. The van der Waals surface area contributed by atoms with Crippen LogP contribution >= 0.6 is 23.4 Å². The minimum atomic E-state index is 0.0753. The van der Waals surface area contributed by atoms with Gasteiger partial charge in [-0.15, -0.1) is 0 Å². The average molecular weight is 443 g/mol. The summed E-state index contributed by atoms with van der Waals surface area (Å²) < 4.78 is 2.17. The van der Waals surface area contributed by atoms with Crippen LogP contribution in [0.15, 0.2) is 53.7 Å². The number of nitrogens with zero attached hydrogens (tertiary/aromatic N) is 3. The number of carbonyl (C=O) groups excluding carboxylic acids is 1. The molecule has 1 aliphatic rings. The summed E-state index contributed by atoms with van der Waals surface area (Å²) in [4.78, 5) is 19.8. The first-order chi connectivity index (χ1) is 14.6. The maximum absolute atomic E-state index is 12.6. The van der Waals surface area contributed by atoms with Crippen LogP contribution in [-0.2, 0) is 11.3 Å². The monoisotopic (exact) mass is 442 g/mol. The highest BCUT2D eigenvalue weighted by Gasteiger charge is 2.20. The summed E-state index contributed by atoms with van der Waals surface area (Å²) in [6.45, 7) is 6.09. The smallest absolute Gasteiger partial charge is 0.230 e. The van der Waals surface area contributed by atoms with Gasteiger partial charge in [0.15, 0.2) is 5.16 Å². The van der Waals surface area contributed by atoms with E-state index in [-0.39, 0.29) is 11.9 Å². The highest BCUT2D eigenvalue weighted by atomic mass is 35.5. The molecule has 2 heterocycles. The van der Waals surface area contributed by atoms with E-state index in [0.29, 0.717) is 17.3 Å². The number of fused-ring (bicyclic) bond motifs is 1. The standard InChI is InChI=1S/C23H27ClN4OS/c1-2-27-12-10-19(11-13-27)25-22(29)16-30-23-26-20-14-18(24)8-9-21(20)28(23)15-17-6-4-3-5-7-17/h3-9,14,19H,2,10-13,15-16H2,1H3,(H,25,29). The molecule has 1 aromatic heterocycles. The van der Waals surface area contributed by atoms with Crippen molar-refractivity contribution in [3.63, 3.8) is 0 Å². The van der Waals surface area contributed by atoms with Gasteiger partial charge >= 0.3 is 0 Å². The van der Waals surface area contributed by atoms with Crippen LogP contribution in [0.3, 0.4) is 0 Å². The van der Waals surface area contributed by atoms with E-state index < -0.39 is 0 Å². The van der Waals surface area contributed by atoms with E-state index in [1.165, 1.54) is 17.3 Å². The number of nitrogens with one attached hydrogen (secondary N) is 1.